The Morgan fingerprint density at radius 1 is 0.957 bits per heavy atom. The van der Waals surface area contributed by atoms with E-state index < -0.39 is 16.1 Å². The SMILES string of the molecule is Cc1coc2ccc(C(CC(=O)NC3CCOc4cc(CN5CCCCC5)ccc43)NS(=O)(=O)c3ccc4ccccc4c3)cc12. The Labute approximate surface area is 269 Å². The molecule has 238 valence electrons. The molecule has 2 aliphatic heterocycles. The predicted molar refractivity (Wildman–Crippen MR) is 179 cm³/mol. The summed E-state index contributed by atoms with van der Waals surface area (Å²) in [5, 5.41) is 5.85. The van der Waals surface area contributed by atoms with Crippen molar-refractivity contribution in [3.05, 3.63) is 107 Å². The van der Waals surface area contributed by atoms with Crippen molar-refractivity contribution < 1.29 is 22.4 Å². The number of aryl methyl sites for hydroxylation is 1. The molecule has 3 heterocycles. The van der Waals surface area contributed by atoms with Crippen LogP contribution >= 0.6 is 0 Å². The first-order valence-corrected chi connectivity index (χ1v) is 17.6. The summed E-state index contributed by atoms with van der Waals surface area (Å²) in [4.78, 5) is 16.3. The Morgan fingerprint density at radius 3 is 2.63 bits per heavy atom. The van der Waals surface area contributed by atoms with Crippen molar-refractivity contribution in [3.63, 3.8) is 0 Å². The van der Waals surface area contributed by atoms with E-state index >= 15 is 0 Å². The zero-order valence-corrected chi connectivity index (χ0v) is 26.8. The van der Waals surface area contributed by atoms with Gasteiger partial charge in [-0.3, -0.25) is 9.69 Å². The number of carbonyl (C=O) groups is 1. The van der Waals surface area contributed by atoms with Gasteiger partial charge < -0.3 is 14.5 Å². The second-order valence-electron chi connectivity index (χ2n) is 12.5. The minimum absolute atomic E-state index is 0.0745. The number of furan rings is 1. The highest BCUT2D eigenvalue weighted by Gasteiger charge is 2.28. The molecule has 0 spiro atoms. The molecule has 1 saturated heterocycles. The van der Waals surface area contributed by atoms with E-state index in [4.69, 9.17) is 9.15 Å². The summed E-state index contributed by atoms with van der Waals surface area (Å²) >= 11 is 0. The first-order chi connectivity index (χ1) is 22.3. The fraction of sp³-hybridized carbons (Fsp3) is 0.324. The summed E-state index contributed by atoms with van der Waals surface area (Å²) in [6.07, 6.45) is 6.02. The number of carbonyl (C=O) groups excluding carboxylic acids is 1. The summed E-state index contributed by atoms with van der Waals surface area (Å²) in [5.74, 6) is 0.561. The monoisotopic (exact) mass is 637 g/mol. The van der Waals surface area contributed by atoms with Crippen molar-refractivity contribution in [2.24, 2.45) is 0 Å². The lowest BCUT2D eigenvalue weighted by atomic mass is 9.97. The van der Waals surface area contributed by atoms with Crippen LogP contribution in [0.5, 0.6) is 5.75 Å². The van der Waals surface area contributed by atoms with Crippen LogP contribution in [0.1, 0.15) is 66.4 Å². The zero-order valence-electron chi connectivity index (χ0n) is 26.0. The van der Waals surface area contributed by atoms with Crippen molar-refractivity contribution in [3.8, 4) is 5.75 Å². The molecule has 0 saturated carbocycles. The average Bonchev–Trinajstić information content (AvgIpc) is 3.44. The number of hydrogen-bond acceptors (Lipinski definition) is 6. The minimum atomic E-state index is -3.97. The van der Waals surface area contributed by atoms with Crippen molar-refractivity contribution >= 4 is 37.7 Å². The Kier molecular flexibility index (Phi) is 8.55. The molecule has 1 aromatic heterocycles. The van der Waals surface area contributed by atoms with Gasteiger partial charge in [-0.15, -0.1) is 0 Å². The van der Waals surface area contributed by atoms with Gasteiger partial charge in [0.15, 0.2) is 0 Å². The third kappa shape index (κ3) is 6.54. The minimum Gasteiger partial charge on any atom is -0.493 e. The zero-order chi connectivity index (χ0) is 31.7. The molecule has 9 heteroatoms. The molecule has 0 bridgehead atoms. The van der Waals surface area contributed by atoms with Gasteiger partial charge in [0.1, 0.15) is 11.3 Å². The maximum Gasteiger partial charge on any atom is 0.241 e. The van der Waals surface area contributed by atoms with E-state index in [9.17, 15) is 13.2 Å². The van der Waals surface area contributed by atoms with Crippen molar-refractivity contribution in [2.45, 2.75) is 62.6 Å². The Bertz CT molecular complexity index is 2000. The van der Waals surface area contributed by atoms with Gasteiger partial charge in [0.25, 0.3) is 0 Å². The summed E-state index contributed by atoms with van der Waals surface area (Å²) < 4.78 is 42.1. The molecular weight excluding hydrogens is 598 g/mol. The van der Waals surface area contributed by atoms with Crippen LogP contribution in [0.25, 0.3) is 21.7 Å². The molecule has 5 aromatic rings. The van der Waals surface area contributed by atoms with Crippen molar-refractivity contribution in [1.29, 1.82) is 0 Å². The molecule has 46 heavy (non-hydrogen) atoms. The first-order valence-electron chi connectivity index (χ1n) is 16.1. The molecule has 2 aliphatic rings. The third-order valence-electron chi connectivity index (χ3n) is 9.22. The van der Waals surface area contributed by atoms with E-state index in [1.54, 1.807) is 24.5 Å². The number of benzene rings is 4. The molecule has 2 unspecified atom stereocenters. The number of likely N-dealkylation sites (tertiary alicyclic amines) is 1. The molecule has 7 rings (SSSR count). The van der Waals surface area contributed by atoms with E-state index in [-0.39, 0.29) is 23.3 Å². The van der Waals surface area contributed by atoms with E-state index in [0.717, 1.165) is 52.7 Å². The van der Waals surface area contributed by atoms with E-state index in [0.29, 0.717) is 24.2 Å². The number of nitrogens with one attached hydrogen (secondary N) is 2. The summed E-state index contributed by atoms with van der Waals surface area (Å²) in [6.45, 7) is 5.58. The quantitative estimate of drug-likeness (QED) is 0.182. The Hall–Kier alpha value is -4.18. The van der Waals surface area contributed by atoms with Crippen LogP contribution in [0.15, 0.2) is 94.4 Å². The van der Waals surface area contributed by atoms with Crippen LogP contribution in [0, 0.1) is 6.92 Å². The van der Waals surface area contributed by atoms with Gasteiger partial charge in [-0.2, -0.15) is 0 Å². The molecule has 1 fully saturated rings. The highest BCUT2D eigenvalue weighted by Crippen LogP contribution is 2.34. The molecule has 1 amide bonds. The second kappa shape index (κ2) is 12.9. The van der Waals surface area contributed by atoms with Gasteiger partial charge >= 0.3 is 0 Å². The number of fused-ring (bicyclic) bond motifs is 3. The molecule has 4 aromatic carbocycles. The predicted octanol–water partition coefficient (Wildman–Crippen LogP) is 6.93. The Balaban J connectivity index is 1.12. The number of hydrogen-bond donors (Lipinski definition) is 2. The Morgan fingerprint density at radius 2 is 1.78 bits per heavy atom. The molecule has 0 aliphatic carbocycles. The van der Waals surface area contributed by atoms with Crippen molar-refractivity contribution in [2.75, 3.05) is 19.7 Å². The van der Waals surface area contributed by atoms with Crippen molar-refractivity contribution in [1.82, 2.24) is 14.9 Å². The van der Waals surface area contributed by atoms with Gasteiger partial charge in [-0.05, 0) is 90.6 Å². The van der Waals surface area contributed by atoms with Gasteiger partial charge in [0.05, 0.1) is 29.8 Å². The van der Waals surface area contributed by atoms with Gasteiger partial charge in [-0.25, -0.2) is 13.1 Å². The van der Waals surface area contributed by atoms with Crippen LogP contribution < -0.4 is 14.8 Å². The number of ether oxygens (including phenoxy) is 1. The number of sulfonamides is 1. The normalized spacial score (nSPS) is 17.8. The highest BCUT2D eigenvalue weighted by atomic mass is 32.2. The smallest absolute Gasteiger partial charge is 0.241 e. The molecule has 8 nitrogen and oxygen atoms in total. The average molecular weight is 638 g/mol. The van der Waals surface area contributed by atoms with Crippen LogP contribution in [0.2, 0.25) is 0 Å². The second-order valence-corrected chi connectivity index (χ2v) is 14.2. The fourth-order valence-electron chi connectivity index (χ4n) is 6.70. The van der Waals surface area contributed by atoms with Crippen LogP contribution in [-0.4, -0.2) is 38.9 Å². The first kappa shape index (κ1) is 30.5. The number of rotatable bonds is 9. The fourth-order valence-corrected chi connectivity index (χ4v) is 7.96. The highest BCUT2D eigenvalue weighted by molar-refractivity contribution is 7.89. The summed E-state index contributed by atoms with van der Waals surface area (Å²) in [5.41, 5.74) is 4.49. The largest absolute Gasteiger partial charge is 0.493 e. The summed E-state index contributed by atoms with van der Waals surface area (Å²) in [6, 6.07) is 23.5. The maximum absolute atomic E-state index is 13.8. The van der Waals surface area contributed by atoms with E-state index in [1.165, 1.54) is 24.8 Å². The summed E-state index contributed by atoms with van der Waals surface area (Å²) in [7, 11) is -3.97. The maximum atomic E-state index is 13.8. The van der Waals surface area contributed by atoms with E-state index in [2.05, 4.69) is 33.1 Å². The number of nitrogens with zero attached hydrogens (tertiary/aromatic N) is 1. The van der Waals surface area contributed by atoms with Crippen LogP contribution in [0.3, 0.4) is 0 Å². The van der Waals surface area contributed by atoms with Gasteiger partial charge in [0, 0.05) is 30.3 Å². The lowest BCUT2D eigenvalue weighted by Gasteiger charge is -2.29. The van der Waals surface area contributed by atoms with Crippen LogP contribution in [0.4, 0.5) is 0 Å². The lowest BCUT2D eigenvalue weighted by Crippen LogP contribution is -2.36. The number of piperidine rings is 1. The molecule has 2 N–H and O–H groups in total. The molecular formula is C37H39N3O5S. The van der Waals surface area contributed by atoms with Gasteiger partial charge in [-0.1, -0.05) is 55.0 Å². The van der Waals surface area contributed by atoms with E-state index in [1.807, 2.05) is 49.4 Å². The molecule has 2 atom stereocenters. The topological polar surface area (TPSA) is 101 Å². The third-order valence-corrected chi connectivity index (χ3v) is 10.7. The van der Waals surface area contributed by atoms with Crippen LogP contribution in [-0.2, 0) is 21.4 Å². The lowest BCUT2D eigenvalue weighted by molar-refractivity contribution is -0.122. The van der Waals surface area contributed by atoms with Gasteiger partial charge in [0.2, 0.25) is 15.9 Å². The standard InChI is InChI=1S/C37H39N3O5S/c1-25-24-45-35-14-11-29(21-32(25)35)34(39-46(42,43)30-12-10-27-7-3-4-8-28(27)20-30)22-37(41)38-33-15-18-44-36-19-26(9-13-31(33)36)23-40-16-5-2-6-17-40/h3-4,7-14,19-21,24,33-34,39H,2,5-6,15-18,22-23H2,1H3,(H,38,41). The number of amides is 1. The molecule has 0 radical (unpaired) electrons.